The first-order chi connectivity index (χ1) is 8.52. The molecule has 1 amide bonds. The molecule has 1 saturated carbocycles. The summed E-state index contributed by atoms with van der Waals surface area (Å²) in [4.78, 5) is 23.3. The van der Waals surface area contributed by atoms with Gasteiger partial charge in [-0.15, -0.1) is 12.3 Å². The fourth-order valence-electron chi connectivity index (χ4n) is 2.27. The van der Waals surface area contributed by atoms with Crippen LogP contribution in [0.1, 0.15) is 44.9 Å². The zero-order valence-corrected chi connectivity index (χ0v) is 10.4. The van der Waals surface area contributed by atoms with E-state index in [2.05, 4.69) is 11.2 Å². The number of aliphatic carboxylic acids is 1. The first-order valence-electron chi connectivity index (χ1n) is 6.26. The maximum absolute atomic E-state index is 11.8. The zero-order valence-electron chi connectivity index (χ0n) is 10.4. The van der Waals surface area contributed by atoms with Crippen LogP contribution in [0.3, 0.4) is 0 Å². The maximum Gasteiger partial charge on any atom is 0.329 e. The molecule has 1 fully saturated rings. The minimum atomic E-state index is -1.17. The molecule has 4 N–H and O–H groups in total. The molecule has 1 aliphatic carbocycles. The maximum atomic E-state index is 11.8. The molecule has 5 nitrogen and oxygen atoms in total. The molecule has 5 heteroatoms. The number of terminal acetylenes is 1. The van der Waals surface area contributed by atoms with Gasteiger partial charge < -0.3 is 16.2 Å². The third-order valence-corrected chi connectivity index (χ3v) is 3.40. The number of carboxylic acids is 1. The summed E-state index contributed by atoms with van der Waals surface area (Å²) in [7, 11) is 0. The van der Waals surface area contributed by atoms with Gasteiger partial charge in [0.2, 0.25) is 5.91 Å². The number of carboxylic acid groups (broad SMARTS) is 1. The van der Waals surface area contributed by atoms with Crippen LogP contribution in [0.4, 0.5) is 0 Å². The first kappa shape index (κ1) is 14.5. The van der Waals surface area contributed by atoms with Gasteiger partial charge in [0.15, 0.2) is 0 Å². The Bertz CT molecular complexity index is 352. The van der Waals surface area contributed by atoms with Crippen molar-refractivity contribution in [3.63, 3.8) is 0 Å². The summed E-state index contributed by atoms with van der Waals surface area (Å²) < 4.78 is 0. The average Bonchev–Trinajstić information content (AvgIpc) is 2.56. The lowest BCUT2D eigenvalue weighted by atomic mass is 9.89. The van der Waals surface area contributed by atoms with Crippen LogP contribution in [0, 0.1) is 12.3 Å². The van der Waals surface area contributed by atoms with Gasteiger partial charge in [-0.2, -0.15) is 0 Å². The molecular weight excluding hydrogens is 232 g/mol. The Morgan fingerprint density at radius 3 is 2.33 bits per heavy atom. The molecule has 0 aromatic carbocycles. The molecule has 1 aliphatic rings. The first-order valence-corrected chi connectivity index (χ1v) is 6.26. The van der Waals surface area contributed by atoms with Crippen LogP contribution in [-0.2, 0) is 9.59 Å². The van der Waals surface area contributed by atoms with Crippen LogP contribution < -0.4 is 11.1 Å². The van der Waals surface area contributed by atoms with Crippen LogP contribution in [0.2, 0.25) is 0 Å². The molecule has 0 aromatic heterocycles. The van der Waals surface area contributed by atoms with Gasteiger partial charge >= 0.3 is 5.97 Å². The highest BCUT2D eigenvalue weighted by Crippen LogP contribution is 2.27. The van der Waals surface area contributed by atoms with E-state index in [0.717, 1.165) is 25.7 Å². The van der Waals surface area contributed by atoms with Gasteiger partial charge in [0.1, 0.15) is 5.54 Å². The molecule has 100 valence electrons. The summed E-state index contributed by atoms with van der Waals surface area (Å²) in [5.41, 5.74) is 4.43. The Balaban J connectivity index is 2.76. The summed E-state index contributed by atoms with van der Waals surface area (Å²) in [5.74, 6) is 0.851. The second kappa shape index (κ2) is 6.41. The van der Waals surface area contributed by atoms with Gasteiger partial charge in [0.05, 0.1) is 6.04 Å². The largest absolute Gasteiger partial charge is 0.480 e. The predicted octanol–water partition coefficient (Wildman–Crippen LogP) is 0.631. The lowest BCUT2D eigenvalue weighted by Gasteiger charge is -2.30. The van der Waals surface area contributed by atoms with Gasteiger partial charge in [-0.25, -0.2) is 4.79 Å². The summed E-state index contributed by atoms with van der Waals surface area (Å²) in [6.07, 6.45) is 9.72. The van der Waals surface area contributed by atoms with Crippen LogP contribution in [0.5, 0.6) is 0 Å². The molecule has 0 aliphatic heterocycles. The minimum Gasteiger partial charge on any atom is -0.480 e. The molecule has 0 spiro atoms. The van der Waals surface area contributed by atoms with Crippen molar-refractivity contribution in [2.75, 3.05) is 0 Å². The summed E-state index contributed by atoms with van der Waals surface area (Å²) >= 11 is 0. The van der Waals surface area contributed by atoms with Crippen molar-refractivity contribution in [3.05, 3.63) is 0 Å². The fourth-order valence-corrected chi connectivity index (χ4v) is 2.27. The number of rotatable bonds is 4. The van der Waals surface area contributed by atoms with E-state index in [-0.39, 0.29) is 6.42 Å². The van der Waals surface area contributed by atoms with Crippen molar-refractivity contribution in [1.29, 1.82) is 0 Å². The summed E-state index contributed by atoms with van der Waals surface area (Å²) in [6, 6.07) is -0.838. The van der Waals surface area contributed by atoms with Crippen molar-refractivity contribution in [1.82, 2.24) is 5.32 Å². The SMILES string of the molecule is C#CCC(N)C(=O)NC1(C(=O)O)CCCCCC1. The minimum absolute atomic E-state index is 0.113. The zero-order chi connectivity index (χ0) is 13.6. The normalized spacial score (nSPS) is 20.2. The molecule has 0 aromatic rings. The number of nitrogens with two attached hydrogens (primary N) is 1. The highest BCUT2D eigenvalue weighted by molar-refractivity contribution is 5.89. The standard InChI is InChI=1S/C13H20N2O3/c1-2-7-10(14)11(16)15-13(12(17)18)8-5-3-4-6-9-13/h1,10H,3-9,14H2,(H,15,16)(H,17,18). The van der Waals surface area contributed by atoms with Crippen LogP contribution in [-0.4, -0.2) is 28.6 Å². The number of amides is 1. The number of hydrogen-bond acceptors (Lipinski definition) is 3. The van der Waals surface area contributed by atoms with Gasteiger partial charge in [-0.05, 0) is 12.8 Å². The third-order valence-electron chi connectivity index (χ3n) is 3.40. The van der Waals surface area contributed by atoms with Gasteiger partial charge in [0.25, 0.3) is 0 Å². The predicted molar refractivity (Wildman–Crippen MR) is 67.6 cm³/mol. The van der Waals surface area contributed by atoms with E-state index in [9.17, 15) is 14.7 Å². The number of nitrogens with one attached hydrogen (secondary N) is 1. The third kappa shape index (κ3) is 3.47. The van der Waals surface area contributed by atoms with Gasteiger partial charge in [-0.3, -0.25) is 4.79 Å². The molecule has 1 unspecified atom stereocenters. The second-order valence-corrected chi connectivity index (χ2v) is 4.81. The van der Waals surface area contributed by atoms with Crippen molar-refractivity contribution in [3.8, 4) is 12.3 Å². The topological polar surface area (TPSA) is 92.4 Å². The monoisotopic (exact) mass is 252 g/mol. The molecule has 0 heterocycles. The molecule has 0 bridgehead atoms. The Hall–Kier alpha value is -1.54. The van der Waals surface area contributed by atoms with Gasteiger partial charge in [0, 0.05) is 6.42 Å². The molecule has 1 atom stereocenters. The van der Waals surface area contributed by atoms with Gasteiger partial charge in [-0.1, -0.05) is 25.7 Å². The molecule has 18 heavy (non-hydrogen) atoms. The van der Waals surface area contributed by atoms with Crippen molar-refractivity contribution < 1.29 is 14.7 Å². The van der Waals surface area contributed by atoms with E-state index >= 15 is 0 Å². The summed E-state index contributed by atoms with van der Waals surface area (Å²) in [5, 5.41) is 12.0. The number of carbonyl (C=O) groups is 2. The lowest BCUT2D eigenvalue weighted by molar-refractivity contribution is -0.148. The van der Waals surface area contributed by atoms with Crippen molar-refractivity contribution in [2.45, 2.75) is 56.5 Å². The van der Waals surface area contributed by atoms with Crippen LogP contribution in [0.25, 0.3) is 0 Å². The average molecular weight is 252 g/mol. The fraction of sp³-hybridized carbons (Fsp3) is 0.692. The van der Waals surface area contributed by atoms with Crippen LogP contribution in [0.15, 0.2) is 0 Å². The van der Waals surface area contributed by atoms with Crippen LogP contribution >= 0.6 is 0 Å². The summed E-state index contributed by atoms with van der Waals surface area (Å²) in [6.45, 7) is 0. The highest BCUT2D eigenvalue weighted by atomic mass is 16.4. The number of carbonyl (C=O) groups excluding carboxylic acids is 1. The van der Waals surface area contributed by atoms with Crippen molar-refractivity contribution in [2.24, 2.45) is 5.73 Å². The second-order valence-electron chi connectivity index (χ2n) is 4.81. The molecular formula is C13H20N2O3. The van der Waals surface area contributed by atoms with E-state index in [0.29, 0.717) is 12.8 Å². The van der Waals surface area contributed by atoms with E-state index in [1.807, 2.05) is 0 Å². The smallest absolute Gasteiger partial charge is 0.329 e. The Kier molecular flexibility index (Phi) is 5.17. The van der Waals surface area contributed by atoms with E-state index in [1.165, 1.54) is 0 Å². The Labute approximate surface area is 107 Å². The van der Waals surface area contributed by atoms with E-state index < -0.39 is 23.5 Å². The van der Waals surface area contributed by atoms with Crippen molar-refractivity contribution >= 4 is 11.9 Å². The highest BCUT2D eigenvalue weighted by Gasteiger charge is 2.40. The molecule has 0 radical (unpaired) electrons. The number of hydrogen-bond donors (Lipinski definition) is 3. The Morgan fingerprint density at radius 2 is 1.89 bits per heavy atom. The quantitative estimate of drug-likeness (QED) is 0.505. The molecule has 0 saturated heterocycles. The van der Waals surface area contributed by atoms with E-state index in [1.54, 1.807) is 0 Å². The lowest BCUT2D eigenvalue weighted by Crippen LogP contribution is -2.57. The Morgan fingerprint density at radius 1 is 1.33 bits per heavy atom. The molecule has 1 rings (SSSR count). The van der Waals surface area contributed by atoms with E-state index in [4.69, 9.17) is 12.2 Å².